The molecular weight excluding hydrogens is 410 g/mol. The summed E-state index contributed by atoms with van der Waals surface area (Å²) < 4.78 is 34.6. The number of nitrogens with two attached hydrogens (primary N) is 1. The average Bonchev–Trinajstić information content (AvgIpc) is 3.42. The number of hydrogen-bond donors (Lipinski definition) is 1. The first-order valence-corrected chi connectivity index (χ1v) is 9.70. The largest absolute Gasteiger partial charge is 0.512 e. The van der Waals surface area contributed by atoms with Crippen LogP contribution < -0.4 is 5.73 Å². The lowest BCUT2D eigenvalue weighted by Gasteiger charge is -2.27. The summed E-state index contributed by atoms with van der Waals surface area (Å²) in [5.41, 5.74) is 6.95. The third kappa shape index (κ3) is 3.55. The zero-order valence-corrected chi connectivity index (χ0v) is 17.4. The van der Waals surface area contributed by atoms with E-state index in [1.54, 1.807) is 19.1 Å². The Morgan fingerprint density at radius 2 is 2.13 bits per heavy atom. The van der Waals surface area contributed by atoms with E-state index in [1.165, 1.54) is 18.0 Å². The molecule has 2 aromatic heterocycles. The Morgan fingerprint density at radius 3 is 2.81 bits per heavy atom. The third-order valence-corrected chi connectivity index (χ3v) is 5.41. The number of nitriles is 1. The second-order valence-electron chi connectivity index (χ2n) is 7.62. The molecule has 4 heterocycles. The molecule has 0 aliphatic carbocycles. The Kier molecular flexibility index (Phi) is 5.44. The summed E-state index contributed by atoms with van der Waals surface area (Å²) in [5, 5.41) is 14.1. The van der Waals surface area contributed by atoms with Crippen LogP contribution in [0.5, 0.6) is 0 Å². The van der Waals surface area contributed by atoms with Gasteiger partial charge in [-0.3, -0.25) is 0 Å². The van der Waals surface area contributed by atoms with E-state index < -0.39 is 42.8 Å². The number of ether oxygens (including phenoxy) is 6. The fourth-order valence-corrected chi connectivity index (χ4v) is 3.45. The molecular formula is C19H23N5O7. The first-order chi connectivity index (χ1) is 14.8. The molecule has 1 unspecified atom stereocenters. The summed E-state index contributed by atoms with van der Waals surface area (Å²) in [6.07, 6.45) is -3.03. The van der Waals surface area contributed by atoms with Gasteiger partial charge in [0.15, 0.2) is 11.9 Å². The average molecular weight is 433 g/mol. The number of nitrogens with zero attached hydrogens (tertiary/aromatic N) is 4. The number of methoxy groups -OCH3 is 1. The van der Waals surface area contributed by atoms with Crippen molar-refractivity contribution in [3.63, 3.8) is 0 Å². The molecule has 12 nitrogen and oxygen atoms in total. The first-order valence-electron chi connectivity index (χ1n) is 9.70. The fraction of sp³-hybridized carbons (Fsp3) is 0.579. The molecule has 2 aliphatic rings. The van der Waals surface area contributed by atoms with Gasteiger partial charge in [0.05, 0.1) is 5.69 Å². The van der Waals surface area contributed by atoms with Crippen molar-refractivity contribution in [3.8, 4) is 6.07 Å². The van der Waals surface area contributed by atoms with Gasteiger partial charge < -0.3 is 34.2 Å². The van der Waals surface area contributed by atoms with Crippen LogP contribution in [0.3, 0.4) is 0 Å². The number of carbonyl (C=O) groups is 1. The number of nitrogen functional groups attached to an aromatic ring is 1. The zero-order chi connectivity index (χ0) is 22.3. The summed E-state index contributed by atoms with van der Waals surface area (Å²) in [7, 11) is 1.38. The summed E-state index contributed by atoms with van der Waals surface area (Å²) in [6.45, 7) is 4.42. The highest BCUT2D eigenvalue weighted by Gasteiger charge is 2.66. The lowest BCUT2D eigenvalue weighted by atomic mass is 10.0. The van der Waals surface area contributed by atoms with Crippen molar-refractivity contribution in [3.05, 3.63) is 24.2 Å². The molecule has 2 saturated heterocycles. The first kappa shape index (κ1) is 21.3. The molecule has 31 heavy (non-hydrogen) atoms. The van der Waals surface area contributed by atoms with E-state index in [-0.39, 0.29) is 11.7 Å². The molecule has 0 amide bonds. The Bertz CT molecular complexity index is 1020. The molecule has 4 rings (SSSR count). The van der Waals surface area contributed by atoms with Crippen molar-refractivity contribution in [2.75, 3.05) is 12.8 Å². The van der Waals surface area contributed by atoms with Crippen molar-refractivity contribution in [1.82, 2.24) is 14.6 Å². The highest BCUT2D eigenvalue weighted by Crippen LogP contribution is 2.48. The quantitative estimate of drug-likeness (QED) is 0.683. The minimum absolute atomic E-state index is 0.0525. The molecule has 0 radical (unpaired) electrons. The van der Waals surface area contributed by atoms with Gasteiger partial charge >= 0.3 is 11.9 Å². The Morgan fingerprint density at radius 1 is 1.35 bits per heavy atom. The van der Waals surface area contributed by atoms with Crippen LogP contribution in [0.4, 0.5) is 10.6 Å². The third-order valence-electron chi connectivity index (χ3n) is 5.41. The topological polar surface area (TPSA) is 152 Å². The summed E-state index contributed by atoms with van der Waals surface area (Å²) in [4.78, 5) is 16.4. The molecule has 0 spiro atoms. The molecule has 0 aromatic carbocycles. The van der Waals surface area contributed by atoms with Gasteiger partial charge in [-0.05, 0) is 25.0 Å². The second-order valence-corrected chi connectivity index (χ2v) is 7.62. The normalized spacial score (nSPS) is 30.8. The van der Waals surface area contributed by atoms with E-state index >= 15 is 0 Å². The van der Waals surface area contributed by atoms with Crippen molar-refractivity contribution in [2.45, 2.75) is 57.5 Å². The maximum Gasteiger partial charge on any atom is 0.512 e. The standard InChI is InChI=1S/C19H23N5O7/c1-9(2)10(3)27-17(25)31-19(7-20)15-14(28-18(26-4)29-15)13(30-19)11-5-6-12-16(21)22-8-23-24(11)12/h5-6,8-10,13-15,18H,1-4H3,(H2,21,22,23)/t10?,13-,14-,15-,18+,19+/m0/s1. The van der Waals surface area contributed by atoms with Gasteiger partial charge in [-0.1, -0.05) is 13.8 Å². The number of carbonyl (C=O) groups excluding carboxylic acids is 1. The van der Waals surface area contributed by atoms with Gasteiger partial charge in [-0.2, -0.15) is 10.4 Å². The van der Waals surface area contributed by atoms with Crippen molar-refractivity contribution in [2.24, 2.45) is 5.92 Å². The summed E-state index contributed by atoms with van der Waals surface area (Å²) in [6, 6.07) is 5.32. The predicted octanol–water partition coefficient (Wildman–Crippen LogP) is 1.51. The lowest BCUT2D eigenvalue weighted by Crippen LogP contribution is -2.46. The molecule has 0 bridgehead atoms. The Hall–Kier alpha value is -2.98. The Balaban J connectivity index is 1.68. The van der Waals surface area contributed by atoms with Crippen LogP contribution in [0.15, 0.2) is 18.5 Å². The number of aromatic nitrogens is 3. The van der Waals surface area contributed by atoms with Crippen LogP contribution in [0.25, 0.3) is 5.52 Å². The van der Waals surface area contributed by atoms with E-state index in [4.69, 9.17) is 34.2 Å². The van der Waals surface area contributed by atoms with Crippen LogP contribution >= 0.6 is 0 Å². The number of hydrogen-bond acceptors (Lipinski definition) is 11. The van der Waals surface area contributed by atoms with Crippen LogP contribution in [-0.4, -0.2) is 58.4 Å². The van der Waals surface area contributed by atoms with Crippen molar-refractivity contribution < 1.29 is 33.2 Å². The lowest BCUT2D eigenvalue weighted by molar-refractivity contribution is -0.286. The smallest absolute Gasteiger partial charge is 0.431 e. The molecule has 12 heteroatoms. The highest BCUT2D eigenvalue weighted by molar-refractivity contribution is 5.65. The summed E-state index contributed by atoms with van der Waals surface area (Å²) >= 11 is 0. The molecule has 2 aromatic rings. The number of rotatable bonds is 5. The minimum atomic E-state index is -2.13. The van der Waals surface area contributed by atoms with Gasteiger partial charge in [0, 0.05) is 7.11 Å². The second kappa shape index (κ2) is 7.93. The van der Waals surface area contributed by atoms with E-state index in [1.807, 2.05) is 19.9 Å². The monoisotopic (exact) mass is 433 g/mol. The van der Waals surface area contributed by atoms with E-state index in [9.17, 15) is 10.1 Å². The SMILES string of the molecule is CO[C@@H]1O[C@H]2[C@H](c3ccc4c(N)ncnn34)O[C@](C#N)(OC(=O)OC(C)C(C)C)[C@H]2O1. The predicted molar refractivity (Wildman–Crippen MR) is 102 cm³/mol. The molecule has 2 fully saturated rings. The van der Waals surface area contributed by atoms with Crippen LogP contribution in [0.1, 0.15) is 32.6 Å². The van der Waals surface area contributed by atoms with Crippen LogP contribution in [0.2, 0.25) is 0 Å². The van der Waals surface area contributed by atoms with Gasteiger partial charge in [-0.15, -0.1) is 0 Å². The van der Waals surface area contributed by atoms with Crippen molar-refractivity contribution >= 4 is 17.5 Å². The highest BCUT2D eigenvalue weighted by atomic mass is 16.9. The van der Waals surface area contributed by atoms with E-state index in [0.29, 0.717) is 11.2 Å². The van der Waals surface area contributed by atoms with Gasteiger partial charge in [-0.25, -0.2) is 14.3 Å². The van der Waals surface area contributed by atoms with Gasteiger partial charge in [0.25, 0.3) is 6.48 Å². The fourth-order valence-electron chi connectivity index (χ4n) is 3.45. The van der Waals surface area contributed by atoms with E-state index in [0.717, 1.165) is 0 Å². The van der Waals surface area contributed by atoms with Crippen molar-refractivity contribution in [1.29, 1.82) is 5.26 Å². The maximum absolute atomic E-state index is 12.4. The molecule has 2 N–H and O–H groups in total. The van der Waals surface area contributed by atoms with Gasteiger partial charge in [0.1, 0.15) is 36.2 Å². The van der Waals surface area contributed by atoms with Crippen LogP contribution in [0, 0.1) is 17.2 Å². The minimum Gasteiger partial charge on any atom is -0.431 e. The molecule has 6 atom stereocenters. The Labute approximate surface area is 177 Å². The van der Waals surface area contributed by atoms with Gasteiger partial charge in [0.2, 0.25) is 0 Å². The molecule has 2 aliphatic heterocycles. The maximum atomic E-state index is 12.4. The summed E-state index contributed by atoms with van der Waals surface area (Å²) in [5.74, 6) is -1.81. The number of fused-ring (bicyclic) bond motifs is 2. The molecule has 166 valence electrons. The zero-order valence-electron chi connectivity index (χ0n) is 17.4. The van der Waals surface area contributed by atoms with Crippen LogP contribution in [-0.2, 0) is 28.4 Å². The molecule has 0 saturated carbocycles. The van der Waals surface area contributed by atoms with E-state index in [2.05, 4.69) is 10.1 Å². The number of anilines is 1.